The molecule has 0 bridgehead atoms. The van der Waals surface area contributed by atoms with E-state index in [4.69, 9.17) is 23.8 Å². The highest BCUT2D eigenvalue weighted by molar-refractivity contribution is 7.71. The average Bonchev–Trinajstić information content (AvgIpc) is 2.68. The van der Waals surface area contributed by atoms with Crippen molar-refractivity contribution in [1.82, 2.24) is 19.4 Å². The quantitative estimate of drug-likeness (QED) is 0.820. The molecule has 0 spiro atoms. The first kappa shape index (κ1) is 13.1. The highest BCUT2D eigenvalue weighted by atomic mass is 35.5. The van der Waals surface area contributed by atoms with Crippen LogP contribution in [-0.2, 0) is 0 Å². The van der Waals surface area contributed by atoms with E-state index in [0.29, 0.717) is 17.1 Å². The molecule has 0 amide bonds. The highest BCUT2D eigenvalue weighted by Gasteiger charge is 2.26. The maximum absolute atomic E-state index is 5.98. The van der Waals surface area contributed by atoms with E-state index >= 15 is 0 Å². The van der Waals surface area contributed by atoms with Gasteiger partial charge < -0.3 is 9.88 Å². The number of aromatic nitrogens is 3. The zero-order valence-electron chi connectivity index (χ0n) is 11.1. The second-order valence-electron chi connectivity index (χ2n) is 5.33. The Morgan fingerprint density at radius 2 is 2.32 bits per heavy atom. The van der Waals surface area contributed by atoms with Crippen molar-refractivity contribution in [1.29, 1.82) is 0 Å². The molecule has 6 heteroatoms. The second kappa shape index (κ2) is 4.89. The molecule has 0 aromatic carbocycles. The standard InChI is InChI=1S/C13H17ClN4S/c1-8-5-10(3-4-17(8)2)18-12-11(16-13(18)19)6-9(14)7-15-12/h6-8,10H,3-5H2,1-2H3,(H,16,19). The number of fused-ring (bicyclic) bond motifs is 1. The Bertz CT molecular complexity index is 662. The Kier molecular flexibility index (Phi) is 3.37. The van der Waals surface area contributed by atoms with E-state index in [0.717, 1.165) is 35.3 Å². The van der Waals surface area contributed by atoms with Crippen LogP contribution in [0.1, 0.15) is 25.8 Å². The summed E-state index contributed by atoms with van der Waals surface area (Å²) in [7, 11) is 2.17. The van der Waals surface area contributed by atoms with Crippen molar-refractivity contribution in [3.05, 3.63) is 22.1 Å². The molecule has 3 heterocycles. The van der Waals surface area contributed by atoms with Crippen molar-refractivity contribution in [3.8, 4) is 0 Å². The lowest BCUT2D eigenvalue weighted by Crippen LogP contribution is -2.38. The van der Waals surface area contributed by atoms with Crippen LogP contribution in [0.15, 0.2) is 12.3 Å². The fourth-order valence-electron chi connectivity index (χ4n) is 2.83. The second-order valence-corrected chi connectivity index (χ2v) is 6.16. The van der Waals surface area contributed by atoms with Crippen molar-refractivity contribution in [2.24, 2.45) is 0 Å². The number of rotatable bonds is 1. The van der Waals surface area contributed by atoms with E-state index in [9.17, 15) is 0 Å². The third-order valence-corrected chi connectivity index (χ3v) is 4.57. The van der Waals surface area contributed by atoms with E-state index in [1.165, 1.54) is 0 Å². The number of piperidine rings is 1. The maximum Gasteiger partial charge on any atom is 0.179 e. The number of likely N-dealkylation sites (tertiary alicyclic amines) is 1. The van der Waals surface area contributed by atoms with E-state index < -0.39 is 0 Å². The molecule has 2 aromatic heterocycles. The first-order chi connectivity index (χ1) is 9.06. The van der Waals surface area contributed by atoms with Crippen LogP contribution >= 0.6 is 23.8 Å². The molecule has 3 rings (SSSR count). The zero-order valence-corrected chi connectivity index (χ0v) is 12.6. The average molecular weight is 297 g/mol. The molecule has 0 radical (unpaired) electrons. The van der Waals surface area contributed by atoms with E-state index in [2.05, 4.69) is 33.4 Å². The molecule has 2 aromatic rings. The Morgan fingerprint density at radius 3 is 3.05 bits per heavy atom. The van der Waals surface area contributed by atoms with Crippen LogP contribution in [0, 0.1) is 4.77 Å². The van der Waals surface area contributed by atoms with Crippen molar-refractivity contribution in [3.63, 3.8) is 0 Å². The lowest BCUT2D eigenvalue weighted by atomic mass is 9.99. The number of nitrogens with zero attached hydrogens (tertiary/aromatic N) is 3. The minimum atomic E-state index is 0.418. The summed E-state index contributed by atoms with van der Waals surface area (Å²) in [6, 6.07) is 2.87. The summed E-state index contributed by atoms with van der Waals surface area (Å²) in [5.41, 5.74) is 1.83. The minimum absolute atomic E-state index is 0.418. The third-order valence-electron chi connectivity index (χ3n) is 4.07. The van der Waals surface area contributed by atoms with Gasteiger partial charge in [0.15, 0.2) is 10.4 Å². The van der Waals surface area contributed by atoms with Crippen LogP contribution < -0.4 is 0 Å². The van der Waals surface area contributed by atoms with Crippen LogP contribution in [0.25, 0.3) is 11.2 Å². The lowest BCUT2D eigenvalue weighted by molar-refractivity contribution is 0.158. The molecule has 2 atom stereocenters. The van der Waals surface area contributed by atoms with Gasteiger partial charge in [-0.25, -0.2) is 4.98 Å². The van der Waals surface area contributed by atoms with E-state index in [1.807, 2.05) is 6.07 Å². The number of halogens is 1. The van der Waals surface area contributed by atoms with Gasteiger partial charge in [-0.1, -0.05) is 11.6 Å². The van der Waals surface area contributed by atoms with E-state index in [1.54, 1.807) is 6.20 Å². The summed E-state index contributed by atoms with van der Waals surface area (Å²) in [5, 5.41) is 0.632. The summed E-state index contributed by atoms with van der Waals surface area (Å²) < 4.78 is 2.90. The summed E-state index contributed by atoms with van der Waals surface area (Å²) in [6.45, 7) is 3.35. The topological polar surface area (TPSA) is 36.9 Å². The van der Waals surface area contributed by atoms with Gasteiger partial charge in [0.2, 0.25) is 0 Å². The summed E-state index contributed by atoms with van der Waals surface area (Å²) in [4.78, 5) is 10.0. The molecule has 4 nitrogen and oxygen atoms in total. The number of hydrogen-bond acceptors (Lipinski definition) is 3. The Morgan fingerprint density at radius 1 is 1.53 bits per heavy atom. The van der Waals surface area contributed by atoms with Gasteiger partial charge in [-0.2, -0.15) is 0 Å². The predicted octanol–water partition coefficient (Wildman–Crippen LogP) is 3.40. The summed E-state index contributed by atoms with van der Waals surface area (Å²) in [6.07, 6.45) is 3.88. The lowest BCUT2D eigenvalue weighted by Gasteiger charge is -2.35. The Hall–Kier alpha value is -0.910. The molecule has 1 saturated heterocycles. The van der Waals surface area contributed by atoms with Gasteiger partial charge in [-0.15, -0.1) is 0 Å². The van der Waals surface area contributed by atoms with Crippen LogP contribution in [-0.4, -0.2) is 39.1 Å². The fraction of sp³-hybridized carbons (Fsp3) is 0.538. The number of H-pyrrole nitrogens is 1. The van der Waals surface area contributed by atoms with Crippen LogP contribution in [0.2, 0.25) is 5.02 Å². The molecule has 1 aliphatic heterocycles. The smallest absolute Gasteiger partial charge is 0.179 e. The first-order valence-corrected chi connectivity index (χ1v) is 7.31. The van der Waals surface area contributed by atoms with Gasteiger partial charge in [0, 0.05) is 24.8 Å². The summed E-state index contributed by atoms with van der Waals surface area (Å²) >= 11 is 11.4. The van der Waals surface area contributed by atoms with Gasteiger partial charge in [-0.05, 0) is 45.1 Å². The van der Waals surface area contributed by atoms with Crippen molar-refractivity contribution >= 4 is 35.0 Å². The number of aromatic amines is 1. The Balaban J connectivity index is 2.05. The van der Waals surface area contributed by atoms with Gasteiger partial charge >= 0.3 is 0 Å². The molecule has 0 aliphatic carbocycles. The van der Waals surface area contributed by atoms with Crippen molar-refractivity contribution < 1.29 is 0 Å². The number of pyridine rings is 1. The number of hydrogen-bond donors (Lipinski definition) is 1. The van der Waals surface area contributed by atoms with E-state index in [-0.39, 0.29) is 0 Å². The predicted molar refractivity (Wildman–Crippen MR) is 80.3 cm³/mol. The molecular weight excluding hydrogens is 280 g/mol. The number of imidazole rings is 1. The SMILES string of the molecule is CC1CC(n2c(=S)[nH]c3cc(Cl)cnc32)CCN1C. The Labute approximate surface area is 122 Å². The van der Waals surface area contributed by atoms with Gasteiger partial charge in [0.05, 0.1) is 10.5 Å². The monoisotopic (exact) mass is 296 g/mol. The highest BCUT2D eigenvalue weighted by Crippen LogP contribution is 2.29. The molecular formula is C13H17ClN4S. The summed E-state index contributed by atoms with van der Waals surface area (Å²) in [5.74, 6) is 0. The molecule has 1 aliphatic rings. The largest absolute Gasteiger partial charge is 0.329 e. The maximum atomic E-state index is 5.98. The van der Waals surface area contributed by atoms with Gasteiger partial charge in [0.25, 0.3) is 0 Å². The molecule has 1 fully saturated rings. The van der Waals surface area contributed by atoms with Crippen LogP contribution in [0.4, 0.5) is 0 Å². The fourth-order valence-corrected chi connectivity index (χ4v) is 3.33. The minimum Gasteiger partial charge on any atom is -0.329 e. The van der Waals surface area contributed by atoms with Gasteiger partial charge in [0.1, 0.15) is 0 Å². The molecule has 0 saturated carbocycles. The molecule has 2 unspecified atom stereocenters. The molecule has 102 valence electrons. The molecule has 19 heavy (non-hydrogen) atoms. The zero-order chi connectivity index (χ0) is 13.6. The van der Waals surface area contributed by atoms with Crippen molar-refractivity contribution in [2.75, 3.05) is 13.6 Å². The normalized spacial score (nSPS) is 25.0. The molecule has 1 N–H and O–H groups in total. The third kappa shape index (κ3) is 2.30. The van der Waals surface area contributed by atoms with Crippen LogP contribution in [0.3, 0.4) is 0 Å². The van der Waals surface area contributed by atoms with Gasteiger partial charge in [-0.3, -0.25) is 4.57 Å². The first-order valence-electron chi connectivity index (χ1n) is 6.52. The number of nitrogens with one attached hydrogen (secondary N) is 1. The van der Waals surface area contributed by atoms with Crippen LogP contribution in [0.5, 0.6) is 0 Å². The van der Waals surface area contributed by atoms with Crippen molar-refractivity contribution in [2.45, 2.75) is 31.8 Å².